The molecule has 0 aliphatic rings. The van der Waals surface area contributed by atoms with Crippen LogP contribution >= 0.6 is 0 Å². The van der Waals surface area contributed by atoms with Crippen LogP contribution in [0.1, 0.15) is 23.2 Å². The summed E-state index contributed by atoms with van der Waals surface area (Å²) >= 11 is 0. The summed E-state index contributed by atoms with van der Waals surface area (Å²) < 4.78 is 21.1. The number of methoxy groups -OCH3 is 1. The summed E-state index contributed by atoms with van der Waals surface area (Å²) in [6.07, 6.45) is 0.904. The molecule has 1 aromatic rings. The van der Waals surface area contributed by atoms with Crippen LogP contribution in [0.5, 0.6) is 11.5 Å². The maximum Gasteiger partial charge on any atom is 0.305 e. The van der Waals surface area contributed by atoms with Gasteiger partial charge >= 0.3 is 5.97 Å². The number of esters is 1. The number of nitro groups is 1. The van der Waals surface area contributed by atoms with Crippen LogP contribution in [0.4, 0.5) is 5.69 Å². The lowest BCUT2D eigenvalue weighted by atomic mass is 10.1. The molecule has 0 bridgehead atoms. The summed E-state index contributed by atoms with van der Waals surface area (Å²) in [7, 11) is 0.0596. The van der Waals surface area contributed by atoms with E-state index in [1.165, 1.54) is 13.2 Å². The van der Waals surface area contributed by atoms with Gasteiger partial charge in [0.15, 0.2) is 24.6 Å². The number of nitro benzene ring substituents is 1. The Bertz CT molecular complexity index is 687. The predicted octanol–water partition coefficient (Wildman–Crippen LogP) is 3.43. The van der Waals surface area contributed by atoms with Crippen molar-refractivity contribution in [2.75, 3.05) is 27.1 Å². The van der Waals surface area contributed by atoms with E-state index in [1.54, 1.807) is 0 Å². The maximum absolute atomic E-state index is 11.2. The van der Waals surface area contributed by atoms with Crippen LogP contribution in [-0.2, 0) is 14.3 Å². The molecular weight excluding hydrogens is 386 g/mol. The molecule has 0 heterocycles. The molecule has 28 heavy (non-hydrogen) atoms. The first-order valence-corrected chi connectivity index (χ1v) is 12.6. The van der Waals surface area contributed by atoms with E-state index in [9.17, 15) is 19.7 Å². The minimum atomic E-state index is -1.23. The van der Waals surface area contributed by atoms with Gasteiger partial charge in [0.25, 0.3) is 5.69 Å². The van der Waals surface area contributed by atoms with Crippen molar-refractivity contribution in [1.82, 2.24) is 0 Å². The van der Waals surface area contributed by atoms with Crippen LogP contribution in [0, 0.1) is 10.1 Å². The van der Waals surface area contributed by atoms with Crippen molar-refractivity contribution in [2.24, 2.45) is 0 Å². The Morgan fingerprint density at radius 2 is 1.86 bits per heavy atom. The molecule has 0 unspecified atom stereocenters. The number of aldehydes is 1. The molecule has 0 aromatic heterocycles. The fourth-order valence-corrected chi connectivity index (χ4v) is 2.84. The molecule has 1 rings (SSSR count). The maximum atomic E-state index is 11.2. The van der Waals surface area contributed by atoms with Crippen LogP contribution < -0.4 is 9.47 Å². The summed E-state index contributed by atoms with van der Waals surface area (Å²) in [5, 5.41) is 11.2. The molecule has 0 amide bonds. The summed E-state index contributed by atoms with van der Waals surface area (Å²) in [4.78, 5) is 32.8. The second-order valence-electron chi connectivity index (χ2n) is 7.24. The molecule has 0 radical (unpaired) electrons. The van der Waals surface area contributed by atoms with Gasteiger partial charge in [-0.15, -0.1) is 0 Å². The second-order valence-corrected chi connectivity index (χ2v) is 12.9. The number of rotatable bonds is 13. The highest BCUT2D eigenvalue weighted by atomic mass is 28.3. The standard InChI is InChI=1S/C18H27NO8Si/c1-24-18(21)6-5-7-26-17-11-15(19(22)23)14(12-20)10-16(17)27-13-25-8-9-28(2,3)4/h10-12H,5-9,13H2,1-4H3. The molecule has 0 saturated heterocycles. The monoisotopic (exact) mass is 413 g/mol. The van der Waals surface area contributed by atoms with Crippen molar-refractivity contribution in [3.63, 3.8) is 0 Å². The molecule has 0 aliphatic heterocycles. The molecule has 0 atom stereocenters. The van der Waals surface area contributed by atoms with Crippen molar-refractivity contribution in [3.8, 4) is 11.5 Å². The smallest absolute Gasteiger partial charge is 0.305 e. The third-order valence-electron chi connectivity index (χ3n) is 3.72. The average molecular weight is 413 g/mol. The summed E-state index contributed by atoms with van der Waals surface area (Å²) in [6, 6.07) is 3.36. The molecule has 156 valence electrons. The fourth-order valence-electron chi connectivity index (χ4n) is 2.09. The first-order valence-electron chi connectivity index (χ1n) is 8.85. The van der Waals surface area contributed by atoms with Crippen LogP contribution in [-0.4, -0.2) is 52.4 Å². The van der Waals surface area contributed by atoms with Gasteiger partial charge < -0.3 is 18.9 Å². The highest BCUT2D eigenvalue weighted by molar-refractivity contribution is 6.76. The Morgan fingerprint density at radius 3 is 2.43 bits per heavy atom. The molecule has 9 nitrogen and oxygen atoms in total. The van der Waals surface area contributed by atoms with Crippen molar-refractivity contribution in [1.29, 1.82) is 0 Å². The molecule has 0 fully saturated rings. The minimum absolute atomic E-state index is 0.0703. The van der Waals surface area contributed by atoms with E-state index >= 15 is 0 Å². The molecule has 0 saturated carbocycles. The van der Waals surface area contributed by atoms with E-state index in [4.69, 9.17) is 14.2 Å². The molecule has 10 heteroatoms. The van der Waals surface area contributed by atoms with Crippen molar-refractivity contribution >= 4 is 26.0 Å². The Morgan fingerprint density at radius 1 is 1.18 bits per heavy atom. The lowest BCUT2D eigenvalue weighted by Gasteiger charge is -2.16. The Balaban J connectivity index is 2.81. The second kappa shape index (κ2) is 11.4. The summed E-state index contributed by atoms with van der Waals surface area (Å²) in [5.41, 5.74) is -0.506. The predicted molar refractivity (Wildman–Crippen MR) is 105 cm³/mol. The third kappa shape index (κ3) is 8.48. The lowest BCUT2D eigenvalue weighted by molar-refractivity contribution is -0.385. The molecule has 1 aromatic carbocycles. The number of hydrogen-bond acceptors (Lipinski definition) is 8. The lowest BCUT2D eigenvalue weighted by Crippen LogP contribution is -2.22. The van der Waals surface area contributed by atoms with Gasteiger partial charge in [-0.2, -0.15) is 0 Å². The highest BCUT2D eigenvalue weighted by Gasteiger charge is 2.20. The van der Waals surface area contributed by atoms with Crippen LogP contribution in [0.25, 0.3) is 0 Å². The zero-order chi connectivity index (χ0) is 21.2. The van der Waals surface area contributed by atoms with Gasteiger partial charge in [0.05, 0.1) is 30.3 Å². The SMILES string of the molecule is COC(=O)CCCOc1cc([N+](=O)[O-])c(C=O)cc1OCOCC[Si](C)(C)C. The number of benzene rings is 1. The van der Waals surface area contributed by atoms with E-state index in [1.807, 2.05) is 0 Å². The zero-order valence-corrected chi connectivity index (χ0v) is 17.7. The number of nitrogens with zero attached hydrogens (tertiary/aromatic N) is 1. The zero-order valence-electron chi connectivity index (χ0n) is 16.7. The largest absolute Gasteiger partial charge is 0.489 e. The van der Waals surface area contributed by atoms with E-state index < -0.39 is 13.0 Å². The molecule has 0 spiro atoms. The van der Waals surface area contributed by atoms with Crippen LogP contribution in [0.15, 0.2) is 12.1 Å². The van der Waals surface area contributed by atoms with Crippen molar-refractivity contribution < 1.29 is 33.5 Å². The average Bonchev–Trinajstić information content (AvgIpc) is 2.63. The van der Waals surface area contributed by atoms with E-state index in [2.05, 4.69) is 24.4 Å². The van der Waals surface area contributed by atoms with E-state index in [0.29, 0.717) is 19.3 Å². The van der Waals surface area contributed by atoms with Gasteiger partial charge in [0.1, 0.15) is 0 Å². The van der Waals surface area contributed by atoms with Crippen LogP contribution in [0.2, 0.25) is 25.7 Å². The highest BCUT2D eigenvalue weighted by Crippen LogP contribution is 2.34. The molecule has 0 aliphatic carbocycles. The van der Waals surface area contributed by atoms with Gasteiger partial charge in [-0.3, -0.25) is 19.7 Å². The fraction of sp³-hybridized carbons (Fsp3) is 0.556. The number of carbonyl (C=O) groups excluding carboxylic acids is 2. The van der Waals surface area contributed by atoms with E-state index in [-0.39, 0.29) is 48.5 Å². The summed E-state index contributed by atoms with van der Waals surface area (Å²) in [6.45, 7) is 7.27. The normalized spacial score (nSPS) is 11.0. The first kappa shape index (κ1) is 23.6. The van der Waals surface area contributed by atoms with Gasteiger partial charge in [0, 0.05) is 27.2 Å². The quantitative estimate of drug-likeness (QED) is 0.0919. The van der Waals surface area contributed by atoms with E-state index in [0.717, 1.165) is 12.1 Å². The van der Waals surface area contributed by atoms with Gasteiger partial charge in [0.2, 0.25) is 0 Å². The minimum Gasteiger partial charge on any atom is -0.489 e. The number of ether oxygens (including phenoxy) is 4. The summed E-state index contributed by atoms with van der Waals surface area (Å²) in [5.74, 6) is -0.104. The molecule has 0 N–H and O–H groups in total. The van der Waals surface area contributed by atoms with Crippen molar-refractivity contribution in [2.45, 2.75) is 38.5 Å². The molecular formula is C18H27NO8Si. The van der Waals surface area contributed by atoms with Crippen molar-refractivity contribution in [3.05, 3.63) is 27.8 Å². The first-order chi connectivity index (χ1) is 13.2. The van der Waals surface area contributed by atoms with Crippen LogP contribution in [0.3, 0.4) is 0 Å². The Kier molecular flexibility index (Phi) is 9.60. The van der Waals surface area contributed by atoms with Gasteiger partial charge in [-0.1, -0.05) is 19.6 Å². The number of hydrogen-bond donors (Lipinski definition) is 0. The Labute approximate surface area is 165 Å². The topological polar surface area (TPSA) is 114 Å². The third-order valence-corrected chi connectivity index (χ3v) is 5.43. The Hall–Kier alpha value is -2.46. The van der Waals surface area contributed by atoms with Gasteiger partial charge in [-0.05, 0) is 12.5 Å². The number of carbonyl (C=O) groups is 2. The van der Waals surface area contributed by atoms with Gasteiger partial charge in [-0.25, -0.2) is 0 Å².